The van der Waals surface area contributed by atoms with Crippen LogP contribution in [0.25, 0.3) is 0 Å². The van der Waals surface area contributed by atoms with Crippen molar-refractivity contribution in [1.82, 2.24) is 5.32 Å². The summed E-state index contributed by atoms with van der Waals surface area (Å²) in [6.07, 6.45) is 6.52. The van der Waals surface area contributed by atoms with Gasteiger partial charge < -0.3 is 15.0 Å². The van der Waals surface area contributed by atoms with Crippen LogP contribution >= 0.6 is 0 Å². The van der Waals surface area contributed by atoms with Crippen molar-refractivity contribution in [2.45, 2.75) is 50.7 Å². The number of hydrogen-bond donors (Lipinski definition) is 1. The van der Waals surface area contributed by atoms with Gasteiger partial charge in [0.2, 0.25) is 5.91 Å². The molecule has 2 unspecified atom stereocenters. The molecule has 1 aliphatic carbocycles. The van der Waals surface area contributed by atoms with E-state index in [4.69, 9.17) is 4.74 Å². The van der Waals surface area contributed by atoms with Gasteiger partial charge in [-0.15, -0.1) is 0 Å². The average Bonchev–Trinajstić information content (AvgIpc) is 2.63. The van der Waals surface area contributed by atoms with Crippen LogP contribution in [0.4, 0.5) is 5.69 Å². The van der Waals surface area contributed by atoms with E-state index in [-0.39, 0.29) is 24.0 Å². The molecule has 2 fully saturated rings. The summed E-state index contributed by atoms with van der Waals surface area (Å²) in [4.78, 5) is 15.0. The molecule has 0 bridgehead atoms. The molecule has 1 heterocycles. The maximum atomic E-state index is 12.6. The predicted octanol–water partition coefficient (Wildman–Crippen LogP) is 2.98. The molecule has 3 atom stereocenters. The van der Waals surface area contributed by atoms with Gasteiger partial charge in [-0.1, -0.05) is 24.6 Å². The second-order valence-electron chi connectivity index (χ2n) is 6.85. The summed E-state index contributed by atoms with van der Waals surface area (Å²) in [6.45, 7) is 1.99. The number of ether oxygens (including phenoxy) is 1. The normalized spacial score (nSPS) is 28.4. The van der Waals surface area contributed by atoms with E-state index in [9.17, 15) is 4.79 Å². The second-order valence-corrected chi connectivity index (χ2v) is 6.85. The fourth-order valence-corrected chi connectivity index (χ4v) is 3.88. The van der Waals surface area contributed by atoms with Crippen molar-refractivity contribution < 1.29 is 9.53 Å². The number of anilines is 1. The Bertz CT molecular complexity index is 505. The Labute approximate surface area is 139 Å². The molecular weight excluding hydrogens is 288 g/mol. The first kappa shape index (κ1) is 16.3. The van der Waals surface area contributed by atoms with Crippen molar-refractivity contribution in [3.8, 4) is 0 Å². The molecule has 1 N–H and O–H groups in total. The standard InChI is InChI=1S/C19H28N2O2/c1-23-18-11-5-7-15(13-18)19(22)20-16-8-6-12-21(14-16)17-9-3-2-4-10-17/h2-4,9-10,15-16,18H,5-8,11-14H2,1H3,(H,20,22)/t15?,16-,18?/m0/s1. The first-order chi connectivity index (χ1) is 11.3. The molecule has 1 saturated heterocycles. The van der Waals surface area contributed by atoms with E-state index in [1.807, 2.05) is 6.07 Å². The lowest BCUT2D eigenvalue weighted by Gasteiger charge is -2.36. The van der Waals surface area contributed by atoms with Crippen LogP contribution in [0.15, 0.2) is 30.3 Å². The highest BCUT2D eigenvalue weighted by molar-refractivity contribution is 5.79. The second kappa shape index (κ2) is 7.82. The van der Waals surface area contributed by atoms with E-state index in [1.165, 1.54) is 5.69 Å². The minimum atomic E-state index is 0.126. The van der Waals surface area contributed by atoms with E-state index >= 15 is 0 Å². The Morgan fingerprint density at radius 3 is 2.78 bits per heavy atom. The van der Waals surface area contributed by atoms with Gasteiger partial charge in [0.25, 0.3) is 0 Å². The highest BCUT2D eigenvalue weighted by atomic mass is 16.5. The van der Waals surface area contributed by atoms with Gasteiger partial charge in [-0.3, -0.25) is 4.79 Å². The molecule has 126 valence electrons. The molecule has 4 heteroatoms. The summed E-state index contributed by atoms with van der Waals surface area (Å²) in [5.41, 5.74) is 1.25. The van der Waals surface area contributed by atoms with Crippen LogP contribution in [0.1, 0.15) is 38.5 Å². The molecule has 1 aromatic carbocycles. The van der Waals surface area contributed by atoms with E-state index < -0.39 is 0 Å². The van der Waals surface area contributed by atoms with Gasteiger partial charge in [-0.05, 0) is 44.2 Å². The largest absolute Gasteiger partial charge is 0.381 e. The number of carbonyl (C=O) groups is 1. The smallest absolute Gasteiger partial charge is 0.223 e. The number of methoxy groups -OCH3 is 1. The fraction of sp³-hybridized carbons (Fsp3) is 0.632. The zero-order valence-electron chi connectivity index (χ0n) is 14.0. The average molecular weight is 316 g/mol. The quantitative estimate of drug-likeness (QED) is 0.928. The zero-order valence-corrected chi connectivity index (χ0v) is 14.0. The summed E-state index contributed by atoms with van der Waals surface area (Å²) < 4.78 is 5.45. The molecule has 0 spiro atoms. The number of benzene rings is 1. The molecule has 23 heavy (non-hydrogen) atoms. The first-order valence-electron chi connectivity index (χ1n) is 8.89. The van der Waals surface area contributed by atoms with Crippen molar-refractivity contribution in [1.29, 1.82) is 0 Å². The summed E-state index contributed by atoms with van der Waals surface area (Å²) in [6, 6.07) is 10.7. The number of nitrogens with zero attached hydrogens (tertiary/aromatic N) is 1. The predicted molar refractivity (Wildman–Crippen MR) is 92.6 cm³/mol. The van der Waals surface area contributed by atoms with Crippen molar-refractivity contribution in [2.24, 2.45) is 5.92 Å². The highest BCUT2D eigenvalue weighted by Crippen LogP contribution is 2.27. The number of carbonyl (C=O) groups excluding carboxylic acids is 1. The molecule has 1 aromatic rings. The molecule has 1 amide bonds. The van der Waals surface area contributed by atoms with E-state index in [0.717, 1.165) is 51.6 Å². The topological polar surface area (TPSA) is 41.6 Å². The van der Waals surface area contributed by atoms with Gasteiger partial charge in [0.05, 0.1) is 6.10 Å². The van der Waals surface area contributed by atoms with E-state index in [2.05, 4.69) is 34.5 Å². The Balaban J connectivity index is 1.54. The Morgan fingerprint density at radius 1 is 1.17 bits per heavy atom. The number of amides is 1. The molecule has 4 nitrogen and oxygen atoms in total. The molecule has 0 radical (unpaired) electrons. The molecule has 2 aliphatic rings. The maximum Gasteiger partial charge on any atom is 0.223 e. The summed E-state index contributed by atoms with van der Waals surface area (Å²) in [5, 5.41) is 3.30. The van der Waals surface area contributed by atoms with Crippen LogP contribution in [0.2, 0.25) is 0 Å². The molecule has 0 aromatic heterocycles. The number of rotatable bonds is 4. The van der Waals surface area contributed by atoms with Gasteiger partial charge in [-0.25, -0.2) is 0 Å². The third-order valence-electron chi connectivity index (χ3n) is 5.22. The number of para-hydroxylation sites is 1. The minimum absolute atomic E-state index is 0.126. The maximum absolute atomic E-state index is 12.6. The molecule has 3 rings (SSSR count). The van der Waals surface area contributed by atoms with Gasteiger partial charge in [0.15, 0.2) is 0 Å². The zero-order chi connectivity index (χ0) is 16.1. The van der Waals surface area contributed by atoms with Gasteiger partial charge >= 0.3 is 0 Å². The molecule has 1 saturated carbocycles. The van der Waals surface area contributed by atoms with Crippen LogP contribution in [-0.4, -0.2) is 38.3 Å². The van der Waals surface area contributed by atoms with Crippen LogP contribution in [0, 0.1) is 5.92 Å². The van der Waals surface area contributed by atoms with Gasteiger partial charge in [0.1, 0.15) is 0 Å². The third kappa shape index (κ3) is 4.25. The lowest BCUT2D eigenvalue weighted by molar-refractivity contribution is -0.128. The summed E-state index contributed by atoms with van der Waals surface area (Å²) in [7, 11) is 1.75. The Hall–Kier alpha value is -1.55. The van der Waals surface area contributed by atoms with Crippen molar-refractivity contribution in [3.05, 3.63) is 30.3 Å². The fourth-order valence-electron chi connectivity index (χ4n) is 3.88. The van der Waals surface area contributed by atoms with Crippen molar-refractivity contribution in [2.75, 3.05) is 25.1 Å². The first-order valence-corrected chi connectivity index (χ1v) is 8.89. The Morgan fingerprint density at radius 2 is 2.00 bits per heavy atom. The van der Waals surface area contributed by atoms with Gasteiger partial charge in [0, 0.05) is 37.8 Å². The number of nitrogens with one attached hydrogen (secondary N) is 1. The van der Waals surface area contributed by atoms with Crippen LogP contribution < -0.4 is 10.2 Å². The number of piperidine rings is 1. The lowest BCUT2D eigenvalue weighted by atomic mass is 9.86. The summed E-state index contributed by atoms with van der Waals surface area (Å²) >= 11 is 0. The number of hydrogen-bond acceptors (Lipinski definition) is 3. The van der Waals surface area contributed by atoms with Crippen molar-refractivity contribution >= 4 is 11.6 Å². The van der Waals surface area contributed by atoms with Crippen LogP contribution in [0.3, 0.4) is 0 Å². The minimum Gasteiger partial charge on any atom is -0.381 e. The monoisotopic (exact) mass is 316 g/mol. The summed E-state index contributed by atoms with van der Waals surface area (Å²) in [5.74, 6) is 0.354. The van der Waals surface area contributed by atoms with E-state index in [1.54, 1.807) is 7.11 Å². The van der Waals surface area contributed by atoms with Crippen LogP contribution in [-0.2, 0) is 9.53 Å². The SMILES string of the molecule is COC1CCCC(C(=O)N[C@H]2CCCN(c3ccccc3)C2)C1. The van der Waals surface area contributed by atoms with Crippen LogP contribution in [0.5, 0.6) is 0 Å². The van der Waals surface area contributed by atoms with Crippen molar-refractivity contribution in [3.63, 3.8) is 0 Å². The van der Waals surface area contributed by atoms with E-state index in [0.29, 0.717) is 0 Å². The van der Waals surface area contributed by atoms with Gasteiger partial charge in [-0.2, -0.15) is 0 Å². The molecule has 1 aliphatic heterocycles. The third-order valence-corrected chi connectivity index (χ3v) is 5.22. The molecular formula is C19H28N2O2. The lowest BCUT2D eigenvalue weighted by Crippen LogP contribution is -2.50. The Kier molecular flexibility index (Phi) is 5.55. The highest BCUT2D eigenvalue weighted by Gasteiger charge is 2.29.